The number of nitrogens with zero attached hydrogens (tertiary/aromatic N) is 4. The van der Waals surface area contributed by atoms with Crippen molar-refractivity contribution in [2.75, 3.05) is 6.61 Å². The van der Waals surface area contributed by atoms with Gasteiger partial charge in [-0.05, 0) is 30.2 Å². The van der Waals surface area contributed by atoms with Crippen molar-refractivity contribution < 1.29 is 4.74 Å². The van der Waals surface area contributed by atoms with Gasteiger partial charge in [0.1, 0.15) is 18.4 Å². The SMILES string of the molecule is CCCCCCCCCCOc1ccc2c(c1)CSC(n1cnnc1)=N2. The van der Waals surface area contributed by atoms with Crippen LogP contribution in [-0.4, -0.2) is 26.5 Å². The average Bonchev–Trinajstić information content (AvgIpc) is 3.21. The van der Waals surface area contributed by atoms with Gasteiger partial charge in [-0.15, -0.1) is 10.2 Å². The molecule has 6 heteroatoms. The molecule has 0 bridgehead atoms. The molecule has 1 aromatic carbocycles. The van der Waals surface area contributed by atoms with Gasteiger partial charge in [-0.2, -0.15) is 0 Å². The number of hydrogen-bond acceptors (Lipinski definition) is 5. The fraction of sp³-hybridized carbons (Fsp3) is 0.550. The fourth-order valence-electron chi connectivity index (χ4n) is 3.01. The van der Waals surface area contributed by atoms with E-state index in [-0.39, 0.29) is 0 Å². The molecule has 0 fully saturated rings. The van der Waals surface area contributed by atoms with Crippen LogP contribution in [0.1, 0.15) is 63.9 Å². The first-order chi connectivity index (χ1) is 12.9. The molecule has 0 aliphatic carbocycles. The first kappa shape index (κ1) is 19.0. The summed E-state index contributed by atoms with van der Waals surface area (Å²) >= 11 is 1.69. The minimum atomic E-state index is 0.802. The second-order valence-electron chi connectivity index (χ2n) is 6.67. The summed E-state index contributed by atoms with van der Waals surface area (Å²) in [5.41, 5.74) is 2.23. The number of rotatable bonds is 10. The standard InChI is InChI=1S/C20H28N4OS/c1-2-3-4-5-6-7-8-9-12-25-18-10-11-19-17(13-18)14-26-20(23-19)24-15-21-22-16-24/h10-11,13,15-16H,2-9,12,14H2,1H3. The predicted molar refractivity (Wildman–Crippen MR) is 108 cm³/mol. The smallest absolute Gasteiger partial charge is 0.175 e. The lowest BCUT2D eigenvalue weighted by atomic mass is 10.1. The minimum absolute atomic E-state index is 0.802. The molecular weight excluding hydrogens is 344 g/mol. The Morgan fingerprint density at radius 1 is 1.00 bits per heavy atom. The van der Waals surface area contributed by atoms with Crippen molar-refractivity contribution in [1.29, 1.82) is 0 Å². The van der Waals surface area contributed by atoms with Gasteiger partial charge < -0.3 is 4.74 Å². The predicted octanol–water partition coefficient (Wildman–Crippen LogP) is 5.58. The summed E-state index contributed by atoms with van der Waals surface area (Å²) in [5.74, 6) is 1.84. The lowest BCUT2D eigenvalue weighted by molar-refractivity contribution is 0.304. The third-order valence-electron chi connectivity index (χ3n) is 4.53. The lowest BCUT2D eigenvalue weighted by Gasteiger charge is -2.16. The molecular formula is C20H28N4OS. The number of benzene rings is 1. The quantitative estimate of drug-likeness (QED) is 0.511. The normalized spacial score (nSPS) is 13.3. The van der Waals surface area contributed by atoms with E-state index in [4.69, 9.17) is 4.74 Å². The molecule has 2 heterocycles. The third kappa shape index (κ3) is 5.59. The van der Waals surface area contributed by atoms with E-state index < -0.39 is 0 Å². The zero-order valence-electron chi connectivity index (χ0n) is 15.6. The van der Waals surface area contributed by atoms with Gasteiger partial charge in [-0.25, -0.2) is 4.99 Å². The van der Waals surface area contributed by atoms with Crippen LogP contribution >= 0.6 is 11.8 Å². The Morgan fingerprint density at radius 3 is 2.50 bits per heavy atom. The van der Waals surface area contributed by atoms with Crippen LogP contribution in [0.25, 0.3) is 0 Å². The molecule has 1 aliphatic heterocycles. The Hall–Kier alpha value is -1.82. The van der Waals surface area contributed by atoms with Crippen LogP contribution < -0.4 is 4.74 Å². The van der Waals surface area contributed by atoms with Gasteiger partial charge in [0.2, 0.25) is 0 Å². The van der Waals surface area contributed by atoms with E-state index in [1.54, 1.807) is 24.4 Å². The number of unbranched alkanes of at least 4 members (excludes halogenated alkanes) is 7. The van der Waals surface area contributed by atoms with Crippen molar-refractivity contribution in [3.8, 4) is 5.75 Å². The van der Waals surface area contributed by atoms with Gasteiger partial charge in [-0.1, -0.05) is 63.6 Å². The monoisotopic (exact) mass is 372 g/mol. The van der Waals surface area contributed by atoms with Gasteiger partial charge >= 0.3 is 0 Å². The molecule has 0 saturated carbocycles. The van der Waals surface area contributed by atoms with E-state index in [0.717, 1.165) is 35.4 Å². The van der Waals surface area contributed by atoms with Gasteiger partial charge in [0.05, 0.1) is 12.3 Å². The highest BCUT2D eigenvalue weighted by atomic mass is 32.2. The molecule has 140 valence electrons. The Bertz CT molecular complexity index is 700. The zero-order valence-corrected chi connectivity index (χ0v) is 16.4. The Morgan fingerprint density at radius 2 is 1.73 bits per heavy atom. The van der Waals surface area contributed by atoms with E-state index in [9.17, 15) is 0 Å². The molecule has 1 aliphatic rings. The molecule has 0 radical (unpaired) electrons. The Labute approximate surface area is 160 Å². The molecule has 0 N–H and O–H groups in total. The molecule has 2 aromatic rings. The van der Waals surface area contributed by atoms with Gasteiger partial charge in [0.25, 0.3) is 0 Å². The van der Waals surface area contributed by atoms with E-state index >= 15 is 0 Å². The molecule has 0 atom stereocenters. The zero-order chi connectivity index (χ0) is 18.0. The number of aliphatic imine (C=N–C) groups is 1. The van der Waals surface area contributed by atoms with Crippen molar-refractivity contribution in [2.45, 2.75) is 64.0 Å². The van der Waals surface area contributed by atoms with Crippen molar-refractivity contribution in [2.24, 2.45) is 4.99 Å². The lowest BCUT2D eigenvalue weighted by Crippen LogP contribution is -2.09. The molecule has 1 aromatic heterocycles. The van der Waals surface area contributed by atoms with Crippen LogP contribution in [0.4, 0.5) is 5.69 Å². The maximum atomic E-state index is 5.93. The number of aromatic nitrogens is 3. The molecule has 0 amide bonds. The molecule has 3 rings (SSSR count). The van der Waals surface area contributed by atoms with Crippen molar-refractivity contribution in [3.05, 3.63) is 36.4 Å². The summed E-state index contributed by atoms with van der Waals surface area (Å²) in [6, 6.07) is 6.19. The van der Waals surface area contributed by atoms with Crippen LogP contribution in [0, 0.1) is 0 Å². The number of thioether (sulfide) groups is 1. The second kappa shape index (κ2) is 10.4. The number of ether oxygens (including phenoxy) is 1. The first-order valence-electron chi connectivity index (χ1n) is 9.69. The summed E-state index contributed by atoms with van der Waals surface area (Å²) in [5, 5.41) is 8.59. The Kier molecular flexibility index (Phi) is 7.55. The van der Waals surface area contributed by atoms with Crippen molar-refractivity contribution >= 4 is 22.6 Å². The topological polar surface area (TPSA) is 52.3 Å². The van der Waals surface area contributed by atoms with Crippen LogP contribution in [0.3, 0.4) is 0 Å². The van der Waals surface area contributed by atoms with Crippen LogP contribution in [-0.2, 0) is 5.75 Å². The Balaban J connectivity index is 1.40. The van der Waals surface area contributed by atoms with Gasteiger partial charge in [0, 0.05) is 5.75 Å². The first-order valence-corrected chi connectivity index (χ1v) is 10.7. The molecule has 26 heavy (non-hydrogen) atoms. The van der Waals surface area contributed by atoms with E-state index in [2.05, 4.69) is 28.2 Å². The largest absolute Gasteiger partial charge is 0.494 e. The maximum Gasteiger partial charge on any atom is 0.175 e. The summed E-state index contributed by atoms with van der Waals surface area (Å²) in [4.78, 5) is 4.69. The highest BCUT2D eigenvalue weighted by Crippen LogP contribution is 2.34. The van der Waals surface area contributed by atoms with Crippen LogP contribution in [0.5, 0.6) is 5.75 Å². The van der Waals surface area contributed by atoms with E-state index in [0.29, 0.717) is 0 Å². The maximum absolute atomic E-state index is 5.93. The highest BCUT2D eigenvalue weighted by Gasteiger charge is 2.15. The van der Waals surface area contributed by atoms with Gasteiger partial charge in [0.15, 0.2) is 5.17 Å². The molecule has 0 saturated heterocycles. The summed E-state index contributed by atoms with van der Waals surface area (Å²) in [6.07, 6.45) is 13.9. The molecule has 0 spiro atoms. The van der Waals surface area contributed by atoms with Crippen LogP contribution in [0.15, 0.2) is 35.8 Å². The number of hydrogen-bond donors (Lipinski definition) is 0. The van der Waals surface area contributed by atoms with Crippen LogP contribution in [0.2, 0.25) is 0 Å². The van der Waals surface area contributed by atoms with E-state index in [1.165, 1.54) is 50.5 Å². The van der Waals surface area contributed by atoms with E-state index in [1.807, 2.05) is 16.7 Å². The minimum Gasteiger partial charge on any atom is -0.494 e. The fourth-order valence-corrected chi connectivity index (χ4v) is 3.93. The van der Waals surface area contributed by atoms with Crippen molar-refractivity contribution in [3.63, 3.8) is 0 Å². The third-order valence-corrected chi connectivity index (χ3v) is 5.55. The average molecular weight is 373 g/mol. The van der Waals surface area contributed by atoms with Gasteiger partial charge in [-0.3, -0.25) is 4.57 Å². The summed E-state index contributed by atoms with van der Waals surface area (Å²) in [7, 11) is 0. The summed E-state index contributed by atoms with van der Waals surface area (Å²) in [6.45, 7) is 3.06. The second-order valence-corrected chi connectivity index (χ2v) is 7.61. The van der Waals surface area contributed by atoms with Crippen molar-refractivity contribution in [1.82, 2.24) is 14.8 Å². The molecule has 5 nitrogen and oxygen atoms in total. The molecule has 0 unspecified atom stereocenters. The summed E-state index contributed by atoms with van der Waals surface area (Å²) < 4.78 is 7.78. The highest BCUT2D eigenvalue weighted by molar-refractivity contribution is 8.13. The number of fused-ring (bicyclic) bond motifs is 1.